The molecule has 0 heterocycles. The molecule has 20 heavy (non-hydrogen) atoms. The van der Waals surface area contributed by atoms with Gasteiger partial charge in [-0.15, -0.1) is 0 Å². The van der Waals surface area contributed by atoms with Gasteiger partial charge in [-0.3, -0.25) is 0 Å². The fourth-order valence-corrected chi connectivity index (χ4v) is 2.27. The van der Waals surface area contributed by atoms with E-state index < -0.39 is 0 Å². The van der Waals surface area contributed by atoms with E-state index in [4.69, 9.17) is 0 Å². The van der Waals surface area contributed by atoms with Gasteiger partial charge in [0.25, 0.3) is 0 Å². The fourth-order valence-electron chi connectivity index (χ4n) is 2.27. The smallest absolute Gasteiger partial charge is 0.00667 e. The van der Waals surface area contributed by atoms with E-state index in [0.717, 1.165) is 19.3 Å². The largest absolute Gasteiger partial charge is 0.0992 e. The number of benzene rings is 2. The highest BCUT2D eigenvalue weighted by Gasteiger charge is 1.95. The molecule has 0 unspecified atom stereocenters. The first-order chi connectivity index (χ1) is 9.74. The molecule has 0 amide bonds. The van der Waals surface area contributed by atoms with E-state index in [1.807, 2.05) is 6.07 Å². The van der Waals surface area contributed by atoms with E-state index in [-0.39, 0.29) is 0 Å². The van der Waals surface area contributed by atoms with Gasteiger partial charge in [0, 0.05) is 0 Å². The Morgan fingerprint density at radius 1 is 0.950 bits per heavy atom. The Kier molecular flexibility index (Phi) is 5.37. The standard InChI is InChI=1S/C20H22/c1-17(15-19-11-4-3-5-12-19)9-6-7-13-20-14-8-10-18(2)16-20/h3-8,10-12,14,16H,1,9,13,15H2,2H3/b7-6+. The van der Waals surface area contributed by atoms with Gasteiger partial charge in [-0.05, 0) is 37.3 Å². The van der Waals surface area contributed by atoms with Crippen molar-refractivity contribution in [1.29, 1.82) is 0 Å². The van der Waals surface area contributed by atoms with Crippen LogP contribution in [0.25, 0.3) is 0 Å². The van der Waals surface area contributed by atoms with Crippen LogP contribution in [0.3, 0.4) is 0 Å². The summed E-state index contributed by atoms with van der Waals surface area (Å²) in [6.45, 7) is 6.29. The summed E-state index contributed by atoms with van der Waals surface area (Å²) >= 11 is 0. The Bertz CT molecular complexity index is 576. The maximum absolute atomic E-state index is 4.16. The van der Waals surface area contributed by atoms with Gasteiger partial charge in [0.15, 0.2) is 0 Å². The molecule has 2 aromatic rings. The molecule has 0 heteroatoms. The monoisotopic (exact) mass is 262 g/mol. The molecule has 0 radical (unpaired) electrons. The third-order valence-electron chi connectivity index (χ3n) is 3.31. The van der Waals surface area contributed by atoms with E-state index in [1.54, 1.807) is 0 Å². The average Bonchev–Trinajstić information content (AvgIpc) is 2.45. The lowest BCUT2D eigenvalue weighted by Gasteiger charge is -2.03. The van der Waals surface area contributed by atoms with Crippen LogP contribution in [0.15, 0.2) is 78.9 Å². The minimum Gasteiger partial charge on any atom is -0.0992 e. The molecule has 0 aliphatic heterocycles. The highest BCUT2D eigenvalue weighted by atomic mass is 14.0. The predicted octanol–water partition coefficient (Wildman–Crippen LogP) is 5.28. The van der Waals surface area contributed by atoms with Crippen molar-refractivity contribution in [3.63, 3.8) is 0 Å². The topological polar surface area (TPSA) is 0 Å². The van der Waals surface area contributed by atoms with E-state index in [1.165, 1.54) is 22.3 Å². The molecular weight excluding hydrogens is 240 g/mol. The molecule has 2 rings (SSSR count). The molecule has 0 spiro atoms. The number of rotatable bonds is 6. The highest BCUT2D eigenvalue weighted by Crippen LogP contribution is 2.11. The summed E-state index contributed by atoms with van der Waals surface area (Å²) in [6, 6.07) is 19.2. The van der Waals surface area contributed by atoms with Crippen molar-refractivity contribution in [2.75, 3.05) is 0 Å². The zero-order valence-electron chi connectivity index (χ0n) is 12.2. The van der Waals surface area contributed by atoms with E-state index >= 15 is 0 Å². The van der Waals surface area contributed by atoms with Gasteiger partial charge in [-0.1, -0.05) is 84.5 Å². The van der Waals surface area contributed by atoms with Gasteiger partial charge >= 0.3 is 0 Å². The van der Waals surface area contributed by atoms with Crippen molar-refractivity contribution in [2.45, 2.75) is 26.2 Å². The van der Waals surface area contributed by atoms with Crippen LogP contribution in [-0.2, 0) is 12.8 Å². The summed E-state index contributed by atoms with van der Waals surface area (Å²) in [5.41, 5.74) is 5.29. The maximum Gasteiger partial charge on any atom is -0.00667 e. The van der Waals surface area contributed by atoms with Gasteiger partial charge in [0.1, 0.15) is 0 Å². The lowest BCUT2D eigenvalue weighted by Crippen LogP contribution is -1.88. The van der Waals surface area contributed by atoms with Crippen LogP contribution in [0.2, 0.25) is 0 Å². The molecule has 0 saturated heterocycles. The molecule has 0 nitrogen and oxygen atoms in total. The maximum atomic E-state index is 4.16. The van der Waals surface area contributed by atoms with E-state index in [0.29, 0.717) is 0 Å². The van der Waals surface area contributed by atoms with Gasteiger partial charge < -0.3 is 0 Å². The Hall–Kier alpha value is -2.08. The SMILES string of the molecule is C=C(C/C=C/Cc1cccc(C)c1)Cc1ccccc1. The fraction of sp³-hybridized carbons (Fsp3) is 0.200. The van der Waals surface area contributed by atoms with Crippen molar-refractivity contribution in [3.8, 4) is 0 Å². The molecule has 0 saturated carbocycles. The summed E-state index contributed by atoms with van der Waals surface area (Å²) in [6.07, 6.45) is 7.40. The van der Waals surface area contributed by atoms with Crippen LogP contribution in [0.1, 0.15) is 23.1 Å². The van der Waals surface area contributed by atoms with Crippen molar-refractivity contribution in [2.24, 2.45) is 0 Å². The first-order valence-electron chi connectivity index (χ1n) is 7.15. The highest BCUT2D eigenvalue weighted by molar-refractivity contribution is 5.25. The molecule has 0 bridgehead atoms. The summed E-state index contributed by atoms with van der Waals surface area (Å²) in [4.78, 5) is 0. The van der Waals surface area contributed by atoms with Crippen LogP contribution in [0.5, 0.6) is 0 Å². The number of hydrogen-bond acceptors (Lipinski definition) is 0. The minimum absolute atomic E-state index is 0.959. The Balaban J connectivity index is 1.77. The number of hydrogen-bond donors (Lipinski definition) is 0. The Morgan fingerprint density at radius 2 is 1.70 bits per heavy atom. The zero-order valence-corrected chi connectivity index (χ0v) is 12.2. The second kappa shape index (κ2) is 7.49. The predicted molar refractivity (Wildman–Crippen MR) is 87.9 cm³/mol. The Labute approximate surface area is 122 Å². The van der Waals surface area contributed by atoms with Crippen molar-refractivity contribution in [3.05, 3.63) is 95.6 Å². The third kappa shape index (κ3) is 4.89. The van der Waals surface area contributed by atoms with Crippen LogP contribution < -0.4 is 0 Å². The van der Waals surface area contributed by atoms with Crippen LogP contribution in [0, 0.1) is 6.92 Å². The average molecular weight is 262 g/mol. The molecule has 0 aromatic heterocycles. The molecular formula is C20H22. The van der Waals surface area contributed by atoms with Crippen molar-refractivity contribution in [1.82, 2.24) is 0 Å². The Morgan fingerprint density at radius 3 is 2.45 bits per heavy atom. The number of aryl methyl sites for hydroxylation is 1. The minimum atomic E-state index is 0.959. The van der Waals surface area contributed by atoms with Crippen LogP contribution in [-0.4, -0.2) is 0 Å². The van der Waals surface area contributed by atoms with E-state index in [2.05, 4.69) is 74.2 Å². The van der Waals surface area contributed by atoms with Gasteiger partial charge in [0.05, 0.1) is 0 Å². The first kappa shape index (κ1) is 14.3. The van der Waals surface area contributed by atoms with Crippen molar-refractivity contribution >= 4 is 0 Å². The van der Waals surface area contributed by atoms with Crippen LogP contribution in [0.4, 0.5) is 0 Å². The van der Waals surface area contributed by atoms with Crippen LogP contribution >= 0.6 is 0 Å². The van der Waals surface area contributed by atoms with Crippen molar-refractivity contribution < 1.29 is 0 Å². The second-order valence-corrected chi connectivity index (χ2v) is 5.28. The van der Waals surface area contributed by atoms with Gasteiger partial charge in [0.2, 0.25) is 0 Å². The molecule has 0 aliphatic rings. The molecule has 0 N–H and O–H groups in total. The normalized spacial score (nSPS) is 10.8. The summed E-state index contributed by atoms with van der Waals surface area (Å²) in [7, 11) is 0. The van der Waals surface area contributed by atoms with E-state index in [9.17, 15) is 0 Å². The molecule has 0 aliphatic carbocycles. The molecule has 102 valence electrons. The summed E-state index contributed by atoms with van der Waals surface area (Å²) in [5, 5.41) is 0. The first-order valence-corrected chi connectivity index (χ1v) is 7.15. The summed E-state index contributed by atoms with van der Waals surface area (Å²) < 4.78 is 0. The molecule has 0 atom stereocenters. The lowest BCUT2D eigenvalue weighted by atomic mass is 10.0. The lowest BCUT2D eigenvalue weighted by molar-refractivity contribution is 1.07. The zero-order chi connectivity index (χ0) is 14.2. The summed E-state index contributed by atoms with van der Waals surface area (Å²) in [5.74, 6) is 0. The molecule has 2 aromatic carbocycles. The van der Waals surface area contributed by atoms with Gasteiger partial charge in [-0.2, -0.15) is 0 Å². The molecule has 0 fully saturated rings. The number of allylic oxidation sites excluding steroid dienone is 3. The van der Waals surface area contributed by atoms with Gasteiger partial charge in [-0.25, -0.2) is 0 Å². The second-order valence-electron chi connectivity index (χ2n) is 5.28. The quantitative estimate of drug-likeness (QED) is 0.621. The third-order valence-corrected chi connectivity index (χ3v) is 3.31.